The number of aryl methyl sites for hydroxylation is 1. The van der Waals surface area contributed by atoms with E-state index in [1.54, 1.807) is 7.11 Å². The topological polar surface area (TPSA) is 45.2 Å². The molecule has 6 nitrogen and oxygen atoms in total. The molecule has 2 aliphatic rings. The Balaban J connectivity index is 1.19. The van der Waals surface area contributed by atoms with Crippen LogP contribution in [-0.4, -0.2) is 63.7 Å². The molecule has 0 saturated carbocycles. The first kappa shape index (κ1) is 21.7. The van der Waals surface area contributed by atoms with Crippen LogP contribution in [0.2, 0.25) is 0 Å². The highest BCUT2D eigenvalue weighted by Crippen LogP contribution is 2.30. The van der Waals surface area contributed by atoms with Crippen LogP contribution >= 0.6 is 0 Å². The van der Waals surface area contributed by atoms with Gasteiger partial charge in [0, 0.05) is 26.2 Å². The third-order valence-corrected chi connectivity index (χ3v) is 6.29. The van der Waals surface area contributed by atoms with Gasteiger partial charge in [0.2, 0.25) is 0 Å². The molecule has 0 bridgehead atoms. The highest BCUT2D eigenvalue weighted by Gasteiger charge is 2.26. The molecule has 1 unspecified atom stereocenters. The molecule has 166 valence electrons. The molecule has 0 spiro atoms. The van der Waals surface area contributed by atoms with Gasteiger partial charge in [-0.1, -0.05) is 30.3 Å². The van der Waals surface area contributed by atoms with Gasteiger partial charge in [0.1, 0.15) is 18.1 Å². The van der Waals surface area contributed by atoms with E-state index in [2.05, 4.69) is 28.0 Å². The molecular weight excluding hydrogens is 390 g/mol. The number of carbonyl (C=O) groups is 1. The number of hydroxylamine groups is 1. The van der Waals surface area contributed by atoms with E-state index in [4.69, 9.17) is 9.57 Å². The molecule has 0 radical (unpaired) electrons. The molecule has 2 aromatic rings. The van der Waals surface area contributed by atoms with Crippen LogP contribution < -0.4 is 14.7 Å². The van der Waals surface area contributed by atoms with Gasteiger partial charge in [0.25, 0.3) is 0 Å². The van der Waals surface area contributed by atoms with Gasteiger partial charge in [-0.05, 0) is 56.0 Å². The Kier molecular flexibility index (Phi) is 7.43. The minimum absolute atomic E-state index is 0.182. The van der Waals surface area contributed by atoms with Gasteiger partial charge in [-0.15, -0.1) is 0 Å². The van der Waals surface area contributed by atoms with Crippen molar-refractivity contribution in [1.29, 1.82) is 0 Å². The largest absolute Gasteiger partial charge is 0.495 e. The summed E-state index contributed by atoms with van der Waals surface area (Å²) in [7, 11) is 1.73. The molecule has 4 rings (SSSR count). The van der Waals surface area contributed by atoms with Crippen molar-refractivity contribution in [3.63, 3.8) is 0 Å². The van der Waals surface area contributed by atoms with Gasteiger partial charge in [0.05, 0.1) is 25.1 Å². The third-order valence-electron chi connectivity index (χ3n) is 6.29. The number of hydrogen-bond donors (Lipinski definition) is 0. The van der Waals surface area contributed by atoms with Crippen LogP contribution in [-0.2, 0) is 16.1 Å². The fraction of sp³-hybridized carbons (Fsp3) is 0.480. The zero-order valence-corrected chi connectivity index (χ0v) is 18.4. The number of ether oxygens (including phenoxy) is 1. The van der Waals surface area contributed by atoms with Gasteiger partial charge in [-0.3, -0.25) is 9.74 Å². The Morgan fingerprint density at radius 3 is 2.48 bits per heavy atom. The molecule has 2 aromatic carbocycles. The minimum atomic E-state index is -0.182. The Bertz CT molecular complexity index is 851. The summed E-state index contributed by atoms with van der Waals surface area (Å²) >= 11 is 0. The predicted octanol–water partition coefficient (Wildman–Crippen LogP) is 3.55. The molecule has 2 aliphatic heterocycles. The Labute approximate surface area is 185 Å². The number of unbranched alkanes of at least 4 members (excludes halogenated alkanes) is 1. The predicted molar refractivity (Wildman–Crippen MR) is 124 cm³/mol. The van der Waals surface area contributed by atoms with Gasteiger partial charge in [-0.2, -0.15) is 0 Å². The van der Waals surface area contributed by atoms with E-state index >= 15 is 0 Å². The fourth-order valence-corrected chi connectivity index (χ4v) is 4.53. The number of piperazine rings is 1. The summed E-state index contributed by atoms with van der Waals surface area (Å²) in [6.07, 6.45) is 4.83. The summed E-state index contributed by atoms with van der Waals surface area (Å²) in [5.74, 6) is 0.945. The van der Waals surface area contributed by atoms with E-state index in [1.165, 1.54) is 11.3 Å². The summed E-state index contributed by atoms with van der Waals surface area (Å²) in [4.78, 5) is 22.5. The van der Waals surface area contributed by atoms with Crippen LogP contribution in [0.1, 0.15) is 24.8 Å². The Hall–Kier alpha value is -2.57. The first-order chi connectivity index (χ1) is 15.3. The van der Waals surface area contributed by atoms with E-state index in [0.717, 1.165) is 76.1 Å². The number of carbonyl (C=O) groups excluding carboxylic acids is 1. The number of anilines is 2. The molecule has 1 saturated heterocycles. The smallest absolute Gasteiger partial charge is 0.145 e. The SMILES string of the molecule is COc1ccccc1N1CCN(CCCCON2c3ccccc3CCC2C=O)CC1. The van der Waals surface area contributed by atoms with Gasteiger partial charge in [-0.25, -0.2) is 5.06 Å². The molecule has 0 amide bonds. The average molecular weight is 424 g/mol. The van der Waals surface area contributed by atoms with Crippen molar-refractivity contribution >= 4 is 17.7 Å². The van der Waals surface area contributed by atoms with E-state index in [1.807, 2.05) is 35.4 Å². The molecule has 0 aliphatic carbocycles. The fourth-order valence-electron chi connectivity index (χ4n) is 4.53. The van der Waals surface area contributed by atoms with Gasteiger partial charge in [0.15, 0.2) is 0 Å². The second kappa shape index (κ2) is 10.6. The summed E-state index contributed by atoms with van der Waals surface area (Å²) < 4.78 is 5.51. The molecule has 1 fully saturated rings. The summed E-state index contributed by atoms with van der Waals surface area (Å²) in [5.41, 5.74) is 3.48. The lowest BCUT2D eigenvalue weighted by atomic mass is 9.98. The summed E-state index contributed by atoms with van der Waals surface area (Å²) in [6.45, 7) is 5.87. The quantitative estimate of drug-likeness (QED) is 0.454. The average Bonchev–Trinajstić information content (AvgIpc) is 2.84. The van der Waals surface area contributed by atoms with E-state index in [9.17, 15) is 4.79 Å². The van der Waals surface area contributed by atoms with Crippen LogP contribution in [0.25, 0.3) is 0 Å². The molecular formula is C25H33N3O3. The highest BCUT2D eigenvalue weighted by atomic mass is 16.7. The zero-order chi connectivity index (χ0) is 21.5. The zero-order valence-electron chi connectivity index (χ0n) is 18.4. The van der Waals surface area contributed by atoms with E-state index in [-0.39, 0.29) is 6.04 Å². The maximum Gasteiger partial charge on any atom is 0.145 e. The van der Waals surface area contributed by atoms with Crippen LogP contribution in [0, 0.1) is 0 Å². The number of rotatable bonds is 9. The van der Waals surface area contributed by atoms with Crippen LogP contribution in [0.3, 0.4) is 0 Å². The monoisotopic (exact) mass is 423 g/mol. The number of methoxy groups -OCH3 is 1. The van der Waals surface area contributed by atoms with E-state index < -0.39 is 0 Å². The lowest BCUT2D eigenvalue weighted by molar-refractivity contribution is -0.111. The molecule has 2 heterocycles. The standard InChI is InChI=1S/C25H33N3O3/c1-30-25-11-5-4-10-24(25)27-17-15-26(16-18-27)14-6-7-19-31-28-22(20-29)13-12-21-8-2-3-9-23(21)28/h2-5,8-11,20,22H,6-7,12-19H2,1H3. The van der Waals surface area contributed by atoms with Crippen molar-refractivity contribution in [1.82, 2.24) is 4.90 Å². The van der Waals surface area contributed by atoms with Crippen molar-refractivity contribution in [2.75, 3.05) is 56.4 Å². The van der Waals surface area contributed by atoms with Crippen LogP contribution in [0.5, 0.6) is 5.75 Å². The second-order valence-corrected chi connectivity index (χ2v) is 8.24. The number of fused-ring (bicyclic) bond motifs is 1. The first-order valence-corrected chi connectivity index (χ1v) is 11.4. The molecule has 0 N–H and O–H groups in total. The molecule has 31 heavy (non-hydrogen) atoms. The van der Waals surface area contributed by atoms with Crippen molar-refractivity contribution < 1.29 is 14.4 Å². The van der Waals surface area contributed by atoms with Gasteiger partial charge < -0.3 is 14.4 Å². The number of nitrogens with zero attached hydrogens (tertiary/aromatic N) is 3. The maximum atomic E-state index is 11.5. The number of para-hydroxylation sites is 3. The van der Waals surface area contributed by atoms with E-state index in [0.29, 0.717) is 6.61 Å². The van der Waals surface area contributed by atoms with Crippen molar-refractivity contribution in [3.05, 3.63) is 54.1 Å². The summed E-state index contributed by atoms with van der Waals surface area (Å²) in [6, 6.07) is 16.3. The Morgan fingerprint density at radius 2 is 1.71 bits per heavy atom. The van der Waals surface area contributed by atoms with Crippen molar-refractivity contribution in [3.8, 4) is 5.75 Å². The number of benzene rings is 2. The van der Waals surface area contributed by atoms with Gasteiger partial charge >= 0.3 is 0 Å². The van der Waals surface area contributed by atoms with Crippen LogP contribution in [0.4, 0.5) is 11.4 Å². The molecule has 1 atom stereocenters. The van der Waals surface area contributed by atoms with Crippen molar-refractivity contribution in [2.45, 2.75) is 31.7 Å². The molecule has 6 heteroatoms. The normalized spacial score (nSPS) is 19.2. The molecule has 0 aromatic heterocycles. The Morgan fingerprint density at radius 1 is 0.968 bits per heavy atom. The summed E-state index contributed by atoms with van der Waals surface area (Å²) in [5, 5.41) is 1.83. The first-order valence-electron chi connectivity index (χ1n) is 11.4. The second-order valence-electron chi connectivity index (χ2n) is 8.24. The maximum absolute atomic E-state index is 11.5. The number of hydrogen-bond acceptors (Lipinski definition) is 6. The number of aldehydes is 1. The highest BCUT2D eigenvalue weighted by molar-refractivity contribution is 5.68. The third kappa shape index (κ3) is 5.20. The minimum Gasteiger partial charge on any atom is -0.495 e. The van der Waals surface area contributed by atoms with Crippen molar-refractivity contribution in [2.24, 2.45) is 0 Å². The lowest BCUT2D eigenvalue weighted by Gasteiger charge is -2.37. The van der Waals surface area contributed by atoms with Crippen LogP contribution in [0.15, 0.2) is 48.5 Å². The lowest BCUT2D eigenvalue weighted by Crippen LogP contribution is -2.46.